The molecular formula is C7H7NO. The molecule has 0 bridgehead atoms. The van der Waals surface area contributed by atoms with Crippen LogP contribution in [0, 0.1) is 0 Å². The van der Waals surface area contributed by atoms with Crippen molar-refractivity contribution in [2.75, 3.05) is 0 Å². The predicted octanol–water partition coefficient (Wildman–Crippen LogP) is 0.682. The van der Waals surface area contributed by atoms with E-state index in [0.29, 0.717) is 18.6 Å². The Morgan fingerprint density at radius 1 is 1.22 bits per heavy atom. The predicted molar refractivity (Wildman–Crippen MR) is 33.2 cm³/mol. The minimum atomic E-state index is 0.342. The molecule has 0 saturated carbocycles. The molecule has 0 spiro atoms. The van der Waals surface area contributed by atoms with Crippen molar-refractivity contribution in [3.63, 3.8) is 0 Å². The van der Waals surface area contributed by atoms with Crippen molar-refractivity contribution in [1.29, 1.82) is 0 Å². The van der Waals surface area contributed by atoms with Gasteiger partial charge in [0.05, 0.1) is 0 Å². The Labute approximate surface area is 52.9 Å². The number of hydrogen-bond donors (Lipinski definition) is 1. The van der Waals surface area contributed by atoms with Crippen molar-refractivity contribution >= 4 is 5.78 Å². The number of fused-ring (bicyclic) bond motifs is 1. The van der Waals surface area contributed by atoms with Gasteiger partial charge in [0.2, 0.25) is 0 Å². The molecule has 1 N–H and O–H groups in total. The van der Waals surface area contributed by atoms with E-state index in [1.54, 1.807) is 0 Å². The molecule has 2 rings (SSSR count). The van der Waals surface area contributed by atoms with E-state index in [1.807, 2.05) is 12.4 Å². The number of Topliss-reactive ketones (excluding diaryl/α,β-unsaturated/α-hetero) is 1. The Morgan fingerprint density at radius 3 is 2.33 bits per heavy atom. The summed E-state index contributed by atoms with van der Waals surface area (Å²) in [6.45, 7) is 0. The first-order valence-corrected chi connectivity index (χ1v) is 3.02. The smallest absolute Gasteiger partial charge is 0.141 e. The minimum absolute atomic E-state index is 0.342. The molecule has 0 radical (unpaired) electrons. The van der Waals surface area contributed by atoms with Crippen LogP contribution in [0.1, 0.15) is 11.1 Å². The second-order valence-corrected chi connectivity index (χ2v) is 2.40. The molecule has 1 aromatic rings. The highest BCUT2D eigenvalue weighted by Gasteiger charge is 2.17. The Bertz CT molecular complexity index is 227. The van der Waals surface area contributed by atoms with Gasteiger partial charge in [0.15, 0.2) is 0 Å². The van der Waals surface area contributed by atoms with Crippen molar-refractivity contribution in [3.05, 3.63) is 23.5 Å². The zero-order chi connectivity index (χ0) is 6.27. The van der Waals surface area contributed by atoms with Crippen LogP contribution in [-0.2, 0) is 17.6 Å². The maximum absolute atomic E-state index is 10.7. The topological polar surface area (TPSA) is 32.9 Å². The summed E-state index contributed by atoms with van der Waals surface area (Å²) in [5.74, 6) is 0.342. The molecular weight excluding hydrogens is 114 g/mol. The van der Waals surface area contributed by atoms with Crippen molar-refractivity contribution in [1.82, 2.24) is 4.98 Å². The summed E-state index contributed by atoms with van der Waals surface area (Å²) in [7, 11) is 0. The third-order valence-corrected chi connectivity index (χ3v) is 1.70. The summed E-state index contributed by atoms with van der Waals surface area (Å²) in [5, 5.41) is 0. The largest absolute Gasteiger partial charge is 0.367 e. The average molecular weight is 121 g/mol. The minimum Gasteiger partial charge on any atom is -0.367 e. The van der Waals surface area contributed by atoms with Gasteiger partial charge in [-0.3, -0.25) is 4.79 Å². The van der Waals surface area contributed by atoms with Gasteiger partial charge in [-0.15, -0.1) is 0 Å². The monoisotopic (exact) mass is 121 g/mol. The number of carbonyl (C=O) groups is 1. The molecule has 9 heavy (non-hydrogen) atoms. The number of hydrogen-bond acceptors (Lipinski definition) is 1. The van der Waals surface area contributed by atoms with Crippen molar-refractivity contribution in [2.45, 2.75) is 12.8 Å². The Kier molecular flexibility index (Phi) is 0.781. The van der Waals surface area contributed by atoms with Gasteiger partial charge in [0.25, 0.3) is 0 Å². The lowest BCUT2D eigenvalue weighted by atomic mass is 10.2. The molecule has 2 nitrogen and oxygen atoms in total. The van der Waals surface area contributed by atoms with Gasteiger partial charge in [0.1, 0.15) is 5.78 Å². The maximum atomic E-state index is 10.7. The Morgan fingerprint density at radius 2 is 1.78 bits per heavy atom. The summed E-state index contributed by atoms with van der Waals surface area (Å²) in [6.07, 6.45) is 5.08. The molecule has 46 valence electrons. The third kappa shape index (κ3) is 0.593. The van der Waals surface area contributed by atoms with Crippen LogP contribution in [0.5, 0.6) is 0 Å². The highest BCUT2D eigenvalue weighted by Crippen LogP contribution is 2.17. The number of carbonyl (C=O) groups excluding carboxylic acids is 1. The lowest BCUT2D eigenvalue weighted by molar-refractivity contribution is -0.117. The van der Waals surface area contributed by atoms with Crippen LogP contribution in [-0.4, -0.2) is 10.8 Å². The van der Waals surface area contributed by atoms with E-state index in [0.717, 1.165) is 0 Å². The quantitative estimate of drug-likeness (QED) is 0.538. The van der Waals surface area contributed by atoms with Crippen LogP contribution in [0.3, 0.4) is 0 Å². The fourth-order valence-electron chi connectivity index (χ4n) is 1.24. The first kappa shape index (κ1) is 4.79. The highest BCUT2D eigenvalue weighted by atomic mass is 16.1. The van der Waals surface area contributed by atoms with Crippen molar-refractivity contribution in [3.8, 4) is 0 Å². The summed E-state index contributed by atoms with van der Waals surface area (Å²) in [4.78, 5) is 13.7. The number of aromatic nitrogens is 1. The molecule has 1 aliphatic rings. The summed E-state index contributed by atoms with van der Waals surface area (Å²) in [6, 6.07) is 0. The zero-order valence-electron chi connectivity index (χ0n) is 4.98. The normalized spacial score (nSPS) is 16.2. The van der Waals surface area contributed by atoms with Crippen LogP contribution in [0.15, 0.2) is 12.4 Å². The lowest BCUT2D eigenvalue weighted by Gasteiger charge is -1.78. The van der Waals surface area contributed by atoms with Gasteiger partial charge < -0.3 is 4.98 Å². The van der Waals surface area contributed by atoms with Crippen LogP contribution >= 0.6 is 0 Å². The van der Waals surface area contributed by atoms with E-state index >= 15 is 0 Å². The van der Waals surface area contributed by atoms with Gasteiger partial charge in [-0.2, -0.15) is 0 Å². The standard InChI is InChI=1S/C7H7NO/c9-7-1-5-3-8-4-6(5)2-7/h3-4,8H,1-2H2. The molecule has 1 heterocycles. The average Bonchev–Trinajstić information content (AvgIpc) is 2.22. The summed E-state index contributed by atoms with van der Waals surface area (Å²) < 4.78 is 0. The van der Waals surface area contributed by atoms with Crippen LogP contribution in [0.25, 0.3) is 0 Å². The molecule has 1 aliphatic carbocycles. The molecule has 0 fully saturated rings. The van der Waals surface area contributed by atoms with E-state index in [9.17, 15) is 4.79 Å². The van der Waals surface area contributed by atoms with Gasteiger partial charge in [-0.1, -0.05) is 0 Å². The van der Waals surface area contributed by atoms with Gasteiger partial charge in [-0.05, 0) is 11.1 Å². The third-order valence-electron chi connectivity index (χ3n) is 1.70. The number of aromatic amines is 1. The fourth-order valence-corrected chi connectivity index (χ4v) is 1.24. The number of rotatable bonds is 0. The van der Waals surface area contributed by atoms with Crippen LogP contribution in [0.4, 0.5) is 0 Å². The summed E-state index contributed by atoms with van der Waals surface area (Å²) in [5.41, 5.74) is 2.36. The lowest BCUT2D eigenvalue weighted by Crippen LogP contribution is -1.93. The molecule has 0 aliphatic heterocycles. The SMILES string of the molecule is O=C1Cc2c[nH]cc2C1. The van der Waals surface area contributed by atoms with Crippen LogP contribution in [0.2, 0.25) is 0 Å². The maximum Gasteiger partial charge on any atom is 0.141 e. The highest BCUT2D eigenvalue weighted by molar-refractivity contribution is 5.87. The van der Waals surface area contributed by atoms with Crippen molar-refractivity contribution in [2.24, 2.45) is 0 Å². The molecule has 2 heteroatoms. The van der Waals surface area contributed by atoms with E-state index in [2.05, 4.69) is 4.98 Å². The van der Waals surface area contributed by atoms with E-state index in [1.165, 1.54) is 11.1 Å². The number of nitrogens with one attached hydrogen (secondary N) is 1. The summed E-state index contributed by atoms with van der Waals surface area (Å²) >= 11 is 0. The van der Waals surface area contributed by atoms with Gasteiger partial charge in [-0.25, -0.2) is 0 Å². The molecule has 0 aromatic carbocycles. The second kappa shape index (κ2) is 1.47. The number of H-pyrrole nitrogens is 1. The van der Waals surface area contributed by atoms with E-state index in [4.69, 9.17) is 0 Å². The van der Waals surface area contributed by atoms with Gasteiger partial charge >= 0.3 is 0 Å². The van der Waals surface area contributed by atoms with Crippen LogP contribution < -0.4 is 0 Å². The second-order valence-electron chi connectivity index (χ2n) is 2.40. The molecule has 0 amide bonds. The molecule has 0 atom stereocenters. The first-order chi connectivity index (χ1) is 4.36. The number of ketones is 1. The Balaban J connectivity index is 2.49. The van der Waals surface area contributed by atoms with Gasteiger partial charge in [0, 0.05) is 25.2 Å². The molecule has 0 saturated heterocycles. The fraction of sp³-hybridized carbons (Fsp3) is 0.286. The van der Waals surface area contributed by atoms with E-state index in [-0.39, 0.29) is 0 Å². The molecule has 0 unspecified atom stereocenters. The Hall–Kier alpha value is -1.05. The molecule has 1 aromatic heterocycles. The van der Waals surface area contributed by atoms with E-state index < -0.39 is 0 Å². The zero-order valence-corrected chi connectivity index (χ0v) is 4.98. The first-order valence-electron chi connectivity index (χ1n) is 3.02. The van der Waals surface area contributed by atoms with Crippen molar-refractivity contribution < 1.29 is 4.79 Å².